The summed E-state index contributed by atoms with van der Waals surface area (Å²) in [4.78, 5) is 9.09. The molecule has 2 rings (SSSR count). The molecule has 15 heavy (non-hydrogen) atoms. The van der Waals surface area contributed by atoms with Gasteiger partial charge in [0.25, 0.3) is 0 Å². The molecule has 2 heterocycles. The maximum Gasteiger partial charge on any atom is 0.143 e. The number of hydrogen-bond acceptors (Lipinski definition) is 4. The van der Waals surface area contributed by atoms with Crippen LogP contribution in [0.1, 0.15) is 36.5 Å². The van der Waals surface area contributed by atoms with E-state index in [0.29, 0.717) is 5.25 Å². The van der Waals surface area contributed by atoms with Crippen LogP contribution in [-0.4, -0.2) is 22.3 Å². The van der Waals surface area contributed by atoms with Crippen LogP contribution in [0.15, 0.2) is 6.07 Å². The van der Waals surface area contributed by atoms with E-state index in [-0.39, 0.29) is 0 Å². The monoisotopic (exact) mass is 223 g/mol. The molecule has 82 valence electrons. The molecule has 1 N–H and O–H groups in total. The van der Waals surface area contributed by atoms with Crippen molar-refractivity contribution in [2.45, 2.75) is 31.9 Å². The third-order valence-electron chi connectivity index (χ3n) is 2.45. The van der Waals surface area contributed by atoms with Crippen molar-refractivity contribution < 1.29 is 0 Å². The molecule has 1 fully saturated rings. The summed E-state index contributed by atoms with van der Waals surface area (Å²) in [5.74, 6) is 3.22. The predicted molar refractivity (Wildman–Crippen MR) is 65.4 cm³/mol. The van der Waals surface area contributed by atoms with Crippen LogP contribution in [0.3, 0.4) is 0 Å². The Labute approximate surface area is 95.1 Å². The molecule has 0 bridgehead atoms. The van der Waals surface area contributed by atoms with Crippen LogP contribution in [0, 0.1) is 6.92 Å². The molecule has 0 saturated carbocycles. The van der Waals surface area contributed by atoms with Gasteiger partial charge in [0.2, 0.25) is 0 Å². The molecule has 1 aromatic heterocycles. The Bertz CT molecular complexity index is 335. The molecule has 4 heteroatoms. The van der Waals surface area contributed by atoms with Crippen LogP contribution in [0.2, 0.25) is 0 Å². The highest BCUT2D eigenvalue weighted by Gasteiger charge is 2.20. The largest absolute Gasteiger partial charge is 0.370 e. The Hall–Kier alpha value is -0.770. The SMILES string of the molecule is CCNc1cc(C)nc(C2CCCS2)n1. The van der Waals surface area contributed by atoms with Gasteiger partial charge in [-0.3, -0.25) is 0 Å². The Kier molecular flexibility index (Phi) is 3.46. The molecule has 0 aromatic carbocycles. The maximum absolute atomic E-state index is 4.56. The lowest BCUT2D eigenvalue weighted by atomic mass is 10.2. The molecule has 0 amide bonds. The first-order chi connectivity index (χ1) is 7.29. The molecule has 0 spiro atoms. The average molecular weight is 223 g/mol. The average Bonchev–Trinajstić information content (AvgIpc) is 2.70. The Morgan fingerprint density at radius 3 is 3.07 bits per heavy atom. The predicted octanol–water partition coefficient (Wildman–Crippen LogP) is 2.78. The lowest BCUT2D eigenvalue weighted by Crippen LogP contribution is -2.06. The zero-order valence-corrected chi connectivity index (χ0v) is 10.1. The van der Waals surface area contributed by atoms with E-state index in [0.717, 1.165) is 23.9 Å². The second kappa shape index (κ2) is 4.84. The summed E-state index contributed by atoms with van der Waals surface area (Å²) in [5.41, 5.74) is 1.06. The van der Waals surface area contributed by atoms with Crippen LogP contribution in [0.4, 0.5) is 5.82 Å². The van der Waals surface area contributed by atoms with E-state index in [1.165, 1.54) is 18.6 Å². The van der Waals surface area contributed by atoms with Crippen LogP contribution in [0.5, 0.6) is 0 Å². The van der Waals surface area contributed by atoms with Crippen molar-refractivity contribution in [2.75, 3.05) is 17.6 Å². The van der Waals surface area contributed by atoms with E-state index in [2.05, 4.69) is 22.2 Å². The fraction of sp³-hybridized carbons (Fsp3) is 0.636. The van der Waals surface area contributed by atoms with Crippen LogP contribution >= 0.6 is 11.8 Å². The highest BCUT2D eigenvalue weighted by Crippen LogP contribution is 2.38. The van der Waals surface area contributed by atoms with Gasteiger partial charge in [-0.25, -0.2) is 9.97 Å². The summed E-state index contributed by atoms with van der Waals surface area (Å²) in [6.07, 6.45) is 2.52. The number of aryl methyl sites for hydroxylation is 1. The third-order valence-corrected chi connectivity index (χ3v) is 3.82. The van der Waals surface area contributed by atoms with Crippen LogP contribution in [-0.2, 0) is 0 Å². The van der Waals surface area contributed by atoms with E-state index >= 15 is 0 Å². The van der Waals surface area contributed by atoms with Gasteiger partial charge in [0, 0.05) is 18.3 Å². The van der Waals surface area contributed by atoms with Gasteiger partial charge in [-0.05, 0) is 32.4 Å². The summed E-state index contributed by atoms with van der Waals surface area (Å²) < 4.78 is 0. The van der Waals surface area contributed by atoms with Crippen LogP contribution in [0.25, 0.3) is 0 Å². The summed E-state index contributed by atoms with van der Waals surface area (Å²) in [6.45, 7) is 5.03. The number of thioether (sulfide) groups is 1. The van der Waals surface area contributed by atoms with Crippen molar-refractivity contribution in [3.63, 3.8) is 0 Å². The fourth-order valence-corrected chi connectivity index (χ4v) is 2.99. The van der Waals surface area contributed by atoms with Gasteiger partial charge >= 0.3 is 0 Å². The smallest absolute Gasteiger partial charge is 0.143 e. The lowest BCUT2D eigenvalue weighted by Gasteiger charge is -2.10. The molecule has 1 atom stereocenters. The molecule has 3 nitrogen and oxygen atoms in total. The molecule has 1 aliphatic rings. The van der Waals surface area contributed by atoms with Crippen molar-refractivity contribution in [1.82, 2.24) is 9.97 Å². The summed E-state index contributed by atoms with van der Waals surface area (Å²) in [6, 6.07) is 2.01. The minimum atomic E-state index is 0.516. The van der Waals surface area contributed by atoms with Gasteiger partial charge in [0.05, 0.1) is 5.25 Å². The van der Waals surface area contributed by atoms with Crippen molar-refractivity contribution >= 4 is 17.6 Å². The number of rotatable bonds is 3. The highest BCUT2D eigenvalue weighted by atomic mass is 32.2. The number of nitrogens with zero attached hydrogens (tertiary/aromatic N) is 2. The Morgan fingerprint density at radius 1 is 1.53 bits per heavy atom. The first-order valence-electron chi connectivity index (χ1n) is 5.50. The Balaban J connectivity index is 2.22. The minimum Gasteiger partial charge on any atom is -0.370 e. The summed E-state index contributed by atoms with van der Waals surface area (Å²) in [7, 11) is 0. The topological polar surface area (TPSA) is 37.8 Å². The third kappa shape index (κ3) is 2.62. The first kappa shape index (κ1) is 10.7. The van der Waals surface area contributed by atoms with Crippen LogP contribution < -0.4 is 5.32 Å². The number of hydrogen-bond donors (Lipinski definition) is 1. The maximum atomic E-state index is 4.56. The minimum absolute atomic E-state index is 0.516. The molecule has 1 aliphatic heterocycles. The lowest BCUT2D eigenvalue weighted by molar-refractivity contribution is 0.772. The molecule has 1 unspecified atom stereocenters. The zero-order chi connectivity index (χ0) is 10.7. The normalized spacial score (nSPS) is 20.5. The van der Waals surface area contributed by atoms with Crippen molar-refractivity contribution in [1.29, 1.82) is 0 Å². The molecule has 0 aliphatic carbocycles. The highest BCUT2D eigenvalue weighted by molar-refractivity contribution is 7.99. The molecular weight excluding hydrogens is 206 g/mol. The van der Waals surface area contributed by atoms with Gasteiger partial charge in [-0.2, -0.15) is 11.8 Å². The molecule has 0 radical (unpaired) electrons. The molecule has 1 saturated heterocycles. The van der Waals surface area contributed by atoms with Gasteiger partial charge in [-0.15, -0.1) is 0 Å². The van der Waals surface area contributed by atoms with E-state index in [4.69, 9.17) is 0 Å². The number of anilines is 1. The van der Waals surface area contributed by atoms with Gasteiger partial charge in [0.1, 0.15) is 11.6 Å². The van der Waals surface area contributed by atoms with E-state index < -0.39 is 0 Å². The second-order valence-corrected chi connectivity index (χ2v) is 5.10. The summed E-state index contributed by atoms with van der Waals surface area (Å²) >= 11 is 1.98. The quantitative estimate of drug-likeness (QED) is 0.855. The first-order valence-corrected chi connectivity index (χ1v) is 6.55. The van der Waals surface area contributed by atoms with E-state index in [1.807, 2.05) is 24.8 Å². The van der Waals surface area contributed by atoms with Gasteiger partial charge in [0.15, 0.2) is 0 Å². The standard InChI is InChI=1S/C11H17N3S/c1-3-12-10-7-8(2)13-11(14-10)9-5-4-6-15-9/h7,9H,3-6H2,1-2H3,(H,12,13,14). The van der Waals surface area contributed by atoms with E-state index in [9.17, 15) is 0 Å². The van der Waals surface area contributed by atoms with E-state index in [1.54, 1.807) is 0 Å². The number of nitrogens with one attached hydrogen (secondary N) is 1. The second-order valence-electron chi connectivity index (χ2n) is 3.78. The van der Waals surface area contributed by atoms with Gasteiger partial charge in [-0.1, -0.05) is 0 Å². The molecular formula is C11H17N3S. The summed E-state index contributed by atoms with van der Waals surface area (Å²) in [5, 5.41) is 3.77. The molecule has 1 aromatic rings. The number of aromatic nitrogens is 2. The van der Waals surface area contributed by atoms with Crippen molar-refractivity contribution in [3.8, 4) is 0 Å². The van der Waals surface area contributed by atoms with Crippen molar-refractivity contribution in [2.24, 2.45) is 0 Å². The Morgan fingerprint density at radius 2 is 2.40 bits per heavy atom. The van der Waals surface area contributed by atoms with Gasteiger partial charge < -0.3 is 5.32 Å². The fourth-order valence-electron chi connectivity index (χ4n) is 1.79. The zero-order valence-electron chi connectivity index (χ0n) is 9.29. The van der Waals surface area contributed by atoms with Crippen molar-refractivity contribution in [3.05, 3.63) is 17.6 Å².